The third kappa shape index (κ3) is 7.07. The molecular weight excluding hydrogens is 490 g/mol. The Labute approximate surface area is 233 Å². The van der Waals surface area contributed by atoms with Crippen molar-refractivity contribution in [3.8, 4) is 0 Å². The number of aryl methyl sites for hydroxylation is 2. The van der Waals surface area contributed by atoms with Crippen LogP contribution < -0.4 is 5.32 Å². The van der Waals surface area contributed by atoms with Gasteiger partial charge in [-0.2, -0.15) is 0 Å². The molecule has 0 aliphatic carbocycles. The van der Waals surface area contributed by atoms with Gasteiger partial charge in [0, 0.05) is 51.3 Å². The monoisotopic (exact) mass is 535 g/mol. The third-order valence-electron chi connectivity index (χ3n) is 8.92. The number of ether oxygens (including phenoxy) is 3. The first-order chi connectivity index (χ1) is 19.0. The lowest BCUT2D eigenvalue weighted by molar-refractivity contribution is -0.0546. The highest BCUT2D eigenvalue weighted by Crippen LogP contribution is 2.33. The Morgan fingerprint density at radius 3 is 2.64 bits per heavy atom. The molecule has 0 unspecified atom stereocenters. The number of nitrogens with zero attached hydrogens (tertiary/aromatic N) is 2. The molecule has 7 heteroatoms. The average molecular weight is 536 g/mol. The zero-order chi connectivity index (χ0) is 27.2. The van der Waals surface area contributed by atoms with E-state index in [-0.39, 0.29) is 24.2 Å². The zero-order valence-corrected chi connectivity index (χ0v) is 23.9. The van der Waals surface area contributed by atoms with E-state index in [1.807, 2.05) is 11.1 Å². The first-order valence-electron chi connectivity index (χ1n) is 14.8. The Morgan fingerprint density at radius 2 is 1.87 bits per heavy atom. The third-order valence-corrected chi connectivity index (χ3v) is 8.92. The number of rotatable bonds is 8. The summed E-state index contributed by atoms with van der Waals surface area (Å²) >= 11 is 0. The Morgan fingerprint density at radius 1 is 1.08 bits per heavy atom. The first-order valence-corrected chi connectivity index (χ1v) is 14.8. The molecule has 3 aliphatic heterocycles. The first kappa shape index (κ1) is 28.2. The van der Waals surface area contributed by atoms with Gasteiger partial charge in [-0.05, 0) is 81.9 Å². The van der Waals surface area contributed by atoms with Crippen molar-refractivity contribution in [1.29, 1.82) is 0 Å². The van der Waals surface area contributed by atoms with Gasteiger partial charge >= 0.3 is 0 Å². The summed E-state index contributed by atoms with van der Waals surface area (Å²) in [5, 5.41) is 3.78. The molecule has 0 spiro atoms. The van der Waals surface area contributed by atoms with Crippen LogP contribution in [0.2, 0.25) is 0 Å². The molecule has 3 saturated heterocycles. The quantitative estimate of drug-likeness (QED) is 0.516. The SMILES string of the molecule is CO[C@@H]1COCC[C@@H]1NC1CCN(C(=O)c2cncc(CC[C@H]3CCC[C@@H](c4ccc(C)cc4)O3)c2C)CC1. The topological polar surface area (TPSA) is 72.9 Å². The van der Waals surface area contributed by atoms with E-state index in [2.05, 4.69) is 48.4 Å². The minimum Gasteiger partial charge on any atom is -0.379 e. The second-order valence-electron chi connectivity index (χ2n) is 11.6. The van der Waals surface area contributed by atoms with Gasteiger partial charge in [0.2, 0.25) is 0 Å². The van der Waals surface area contributed by atoms with Crippen LogP contribution in [0.25, 0.3) is 0 Å². The smallest absolute Gasteiger partial charge is 0.255 e. The minimum absolute atomic E-state index is 0.0994. The summed E-state index contributed by atoms with van der Waals surface area (Å²) in [6.07, 6.45) is 12.3. The number of benzene rings is 1. The summed E-state index contributed by atoms with van der Waals surface area (Å²) in [6, 6.07) is 9.46. The lowest BCUT2D eigenvalue weighted by Gasteiger charge is -2.38. The molecular formula is C32H45N3O4. The van der Waals surface area contributed by atoms with Gasteiger partial charge in [-0.3, -0.25) is 9.78 Å². The maximum Gasteiger partial charge on any atom is 0.255 e. The van der Waals surface area contributed by atoms with Crippen molar-refractivity contribution in [2.75, 3.05) is 33.4 Å². The number of hydrogen-bond donors (Lipinski definition) is 1. The molecule has 4 atom stereocenters. The summed E-state index contributed by atoms with van der Waals surface area (Å²) in [5.41, 5.74) is 5.51. The zero-order valence-electron chi connectivity index (χ0n) is 23.9. The maximum atomic E-state index is 13.5. The molecule has 4 heterocycles. The summed E-state index contributed by atoms with van der Waals surface area (Å²) in [5.74, 6) is 0.106. The van der Waals surface area contributed by atoms with E-state index >= 15 is 0 Å². The van der Waals surface area contributed by atoms with Gasteiger partial charge in [-0.25, -0.2) is 0 Å². The van der Waals surface area contributed by atoms with E-state index in [1.165, 1.54) is 17.5 Å². The van der Waals surface area contributed by atoms with Crippen molar-refractivity contribution in [3.05, 3.63) is 64.5 Å². The van der Waals surface area contributed by atoms with Crippen molar-refractivity contribution >= 4 is 5.91 Å². The average Bonchev–Trinajstić information content (AvgIpc) is 2.97. The van der Waals surface area contributed by atoms with Crippen LogP contribution in [0.3, 0.4) is 0 Å². The number of likely N-dealkylation sites (tertiary alicyclic amines) is 1. The van der Waals surface area contributed by atoms with Crippen molar-refractivity contribution < 1.29 is 19.0 Å². The molecule has 1 N–H and O–H groups in total. The predicted octanol–water partition coefficient (Wildman–Crippen LogP) is 4.94. The van der Waals surface area contributed by atoms with Crippen molar-refractivity contribution in [1.82, 2.24) is 15.2 Å². The van der Waals surface area contributed by atoms with E-state index in [1.54, 1.807) is 13.3 Å². The fourth-order valence-electron chi connectivity index (χ4n) is 6.35. The lowest BCUT2D eigenvalue weighted by atomic mass is 9.93. The lowest BCUT2D eigenvalue weighted by Crippen LogP contribution is -2.54. The molecule has 0 saturated carbocycles. The van der Waals surface area contributed by atoms with E-state index in [9.17, 15) is 4.79 Å². The van der Waals surface area contributed by atoms with Crippen LogP contribution in [0.5, 0.6) is 0 Å². The Hall–Kier alpha value is -2.32. The largest absolute Gasteiger partial charge is 0.379 e. The van der Waals surface area contributed by atoms with Gasteiger partial charge in [-0.15, -0.1) is 0 Å². The van der Waals surface area contributed by atoms with Crippen LogP contribution in [-0.4, -0.2) is 73.5 Å². The summed E-state index contributed by atoms with van der Waals surface area (Å²) < 4.78 is 17.7. The number of piperidine rings is 1. The fourth-order valence-corrected chi connectivity index (χ4v) is 6.35. The molecule has 3 fully saturated rings. The predicted molar refractivity (Wildman–Crippen MR) is 152 cm³/mol. The molecule has 1 amide bonds. The van der Waals surface area contributed by atoms with Gasteiger partial charge in [0.1, 0.15) is 0 Å². The van der Waals surface area contributed by atoms with Crippen LogP contribution in [0.15, 0.2) is 36.7 Å². The Kier molecular flexibility index (Phi) is 9.66. The standard InChI is InChI=1S/C32H45N3O4/c1-22-7-9-24(10-8-22)30-6-4-5-27(39-30)12-11-25-19-33-20-28(23(25)2)32(36)35-16-13-26(14-17-35)34-29-15-18-38-21-31(29)37-3/h7-10,19-20,26-27,29-31,34H,4-6,11-18,21H2,1-3H3/t27-,29+,30+,31-/m1/s1. The molecule has 212 valence electrons. The van der Waals surface area contributed by atoms with Crippen molar-refractivity contribution in [2.24, 2.45) is 0 Å². The number of carbonyl (C=O) groups excluding carboxylic acids is 1. The fraction of sp³-hybridized carbons (Fsp3) is 0.625. The van der Waals surface area contributed by atoms with Gasteiger partial charge in [0.15, 0.2) is 0 Å². The highest BCUT2D eigenvalue weighted by atomic mass is 16.5. The maximum absolute atomic E-state index is 13.5. The number of carbonyl (C=O) groups is 1. The Bertz CT molecular complexity index is 1080. The summed E-state index contributed by atoms with van der Waals surface area (Å²) in [6.45, 7) is 7.14. The molecule has 0 radical (unpaired) electrons. The second kappa shape index (κ2) is 13.4. The molecule has 1 aromatic carbocycles. The van der Waals surface area contributed by atoms with Gasteiger partial charge < -0.3 is 24.4 Å². The molecule has 3 aliphatic rings. The summed E-state index contributed by atoms with van der Waals surface area (Å²) in [7, 11) is 1.75. The number of hydrogen-bond acceptors (Lipinski definition) is 6. The number of pyridine rings is 1. The number of amides is 1. The van der Waals surface area contributed by atoms with Crippen LogP contribution >= 0.6 is 0 Å². The van der Waals surface area contributed by atoms with E-state index < -0.39 is 0 Å². The van der Waals surface area contributed by atoms with Crippen LogP contribution in [0, 0.1) is 13.8 Å². The van der Waals surface area contributed by atoms with E-state index in [0.717, 1.165) is 81.3 Å². The van der Waals surface area contributed by atoms with Crippen LogP contribution in [0.1, 0.15) is 83.7 Å². The highest BCUT2D eigenvalue weighted by molar-refractivity contribution is 5.95. The Balaban J connectivity index is 1.13. The molecule has 7 nitrogen and oxygen atoms in total. The van der Waals surface area contributed by atoms with Gasteiger partial charge in [-0.1, -0.05) is 29.8 Å². The van der Waals surface area contributed by atoms with Crippen LogP contribution in [0.4, 0.5) is 0 Å². The molecule has 5 rings (SSSR count). The second-order valence-corrected chi connectivity index (χ2v) is 11.6. The van der Waals surface area contributed by atoms with Crippen molar-refractivity contribution in [2.45, 2.75) is 95.6 Å². The number of nitrogens with one attached hydrogen (secondary N) is 1. The van der Waals surface area contributed by atoms with E-state index in [0.29, 0.717) is 18.7 Å². The van der Waals surface area contributed by atoms with Crippen LogP contribution in [-0.2, 0) is 20.6 Å². The van der Waals surface area contributed by atoms with Gasteiger partial charge in [0.05, 0.1) is 30.5 Å². The van der Waals surface area contributed by atoms with Gasteiger partial charge in [0.25, 0.3) is 5.91 Å². The molecule has 39 heavy (non-hydrogen) atoms. The molecule has 0 bridgehead atoms. The van der Waals surface area contributed by atoms with E-state index in [4.69, 9.17) is 14.2 Å². The number of methoxy groups -OCH3 is 1. The molecule has 2 aromatic rings. The molecule has 1 aromatic heterocycles. The highest BCUT2D eigenvalue weighted by Gasteiger charge is 2.31. The summed E-state index contributed by atoms with van der Waals surface area (Å²) in [4.78, 5) is 20.0. The minimum atomic E-state index is 0.0994. The number of aromatic nitrogens is 1. The normalized spacial score (nSPS) is 26.5. The van der Waals surface area contributed by atoms with Crippen molar-refractivity contribution in [3.63, 3.8) is 0 Å².